The van der Waals surface area contributed by atoms with Crippen molar-refractivity contribution in [2.24, 2.45) is 0 Å². The lowest BCUT2D eigenvalue weighted by Gasteiger charge is -2.26. The molecule has 1 unspecified atom stereocenters. The van der Waals surface area contributed by atoms with E-state index in [0.29, 0.717) is 13.0 Å². The van der Waals surface area contributed by atoms with Gasteiger partial charge in [0.25, 0.3) is 0 Å². The van der Waals surface area contributed by atoms with Crippen LogP contribution in [-0.2, 0) is 19.4 Å². The van der Waals surface area contributed by atoms with E-state index in [4.69, 9.17) is 23.2 Å². The number of halogens is 2. The van der Waals surface area contributed by atoms with Gasteiger partial charge < -0.3 is 10.2 Å². The predicted molar refractivity (Wildman–Crippen MR) is 94.2 cm³/mol. The van der Waals surface area contributed by atoms with Crippen LogP contribution in [0.25, 0.3) is 0 Å². The number of benzene rings is 1. The van der Waals surface area contributed by atoms with Gasteiger partial charge in [-0.05, 0) is 25.5 Å². The van der Waals surface area contributed by atoms with Crippen LogP contribution in [0.2, 0.25) is 10.0 Å². The minimum Gasteiger partial charge on any atom is -0.338 e. The molecule has 1 N–H and O–H groups in total. The molecule has 2 amide bonds. The fourth-order valence-corrected chi connectivity index (χ4v) is 4.92. The Morgan fingerprint density at radius 1 is 1.29 bits per heavy atom. The first kappa shape index (κ1) is 19.0. The van der Waals surface area contributed by atoms with Crippen molar-refractivity contribution in [2.75, 3.05) is 23.4 Å². The van der Waals surface area contributed by atoms with Gasteiger partial charge in [0.05, 0.1) is 27.2 Å². The summed E-state index contributed by atoms with van der Waals surface area (Å²) in [6, 6.07) is 4.42. The highest BCUT2D eigenvalue weighted by molar-refractivity contribution is 7.91. The number of carbonyl (C=O) groups is 2. The monoisotopic (exact) mass is 392 g/mol. The molecule has 1 aromatic rings. The van der Waals surface area contributed by atoms with Gasteiger partial charge in [0.15, 0.2) is 9.84 Å². The summed E-state index contributed by atoms with van der Waals surface area (Å²) in [7, 11) is -3.10. The number of hydrogen-bond acceptors (Lipinski definition) is 4. The Bertz CT molecular complexity index is 732. The van der Waals surface area contributed by atoms with Gasteiger partial charge in [-0.25, -0.2) is 8.42 Å². The summed E-state index contributed by atoms with van der Waals surface area (Å²) >= 11 is 11.9. The highest BCUT2D eigenvalue weighted by Crippen LogP contribution is 2.30. The summed E-state index contributed by atoms with van der Waals surface area (Å²) in [5.41, 5.74) is 0.255. The minimum atomic E-state index is -3.10. The van der Waals surface area contributed by atoms with Crippen molar-refractivity contribution in [2.45, 2.75) is 25.8 Å². The van der Waals surface area contributed by atoms with Gasteiger partial charge in [0.1, 0.15) is 6.42 Å². The predicted octanol–water partition coefficient (Wildman–Crippen LogP) is 2.36. The molecule has 0 bridgehead atoms. The van der Waals surface area contributed by atoms with E-state index < -0.39 is 28.1 Å². The van der Waals surface area contributed by atoms with E-state index >= 15 is 0 Å². The summed E-state index contributed by atoms with van der Waals surface area (Å²) in [5, 5.41) is 3.08. The number of sulfone groups is 1. The van der Waals surface area contributed by atoms with Crippen LogP contribution in [0, 0.1) is 0 Å². The third-order valence-electron chi connectivity index (χ3n) is 3.85. The second-order valence-corrected chi connectivity index (χ2v) is 8.60. The molecule has 1 fully saturated rings. The molecule has 6 nitrogen and oxygen atoms in total. The molecule has 0 spiro atoms. The molecule has 9 heteroatoms. The SMILES string of the molecule is CCN(C(=O)CC(=O)Nc1c(Cl)cccc1Cl)C1CCS(=O)(=O)C1. The van der Waals surface area contributed by atoms with Gasteiger partial charge in [-0.1, -0.05) is 29.3 Å². The molecular weight excluding hydrogens is 375 g/mol. The Labute approximate surface area is 151 Å². The van der Waals surface area contributed by atoms with Crippen molar-refractivity contribution < 1.29 is 18.0 Å². The number of carbonyl (C=O) groups excluding carboxylic acids is 2. The Hall–Kier alpha value is -1.31. The number of rotatable bonds is 5. The first-order chi connectivity index (χ1) is 11.2. The quantitative estimate of drug-likeness (QED) is 0.779. The van der Waals surface area contributed by atoms with Crippen molar-refractivity contribution in [3.63, 3.8) is 0 Å². The molecule has 2 rings (SSSR count). The van der Waals surface area contributed by atoms with Gasteiger partial charge in [-0.2, -0.15) is 0 Å². The zero-order chi connectivity index (χ0) is 17.9. The topological polar surface area (TPSA) is 83.6 Å². The van der Waals surface area contributed by atoms with E-state index in [9.17, 15) is 18.0 Å². The third kappa shape index (κ3) is 4.62. The van der Waals surface area contributed by atoms with Crippen molar-refractivity contribution in [1.29, 1.82) is 0 Å². The van der Waals surface area contributed by atoms with Crippen LogP contribution in [0.15, 0.2) is 18.2 Å². The van der Waals surface area contributed by atoms with Gasteiger partial charge in [-0.15, -0.1) is 0 Å². The lowest BCUT2D eigenvalue weighted by Crippen LogP contribution is -2.42. The van der Waals surface area contributed by atoms with Crippen LogP contribution >= 0.6 is 23.2 Å². The van der Waals surface area contributed by atoms with Crippen LogP contribution in [0.5, 0.6) is 0 Å². The van der Waals surface area contributed by atoms with Crippen LogP contribution in [0.4, 0.5) is 5.69 Å². The summed E-state index contributed by atoms with van der Waals surface area (Å²) < 4.78 is 23.2. The molecule has 1 aromatic carbocycles. The summed E-state index contributed by atoms with van der Waals surface area (Å²) in [5.74, 6) is -0.942. The number of anilines is 1. The minimum absolute atomic E-state index is 0.0511. The number of para-hydroxylation sites is 1. The van der Waals surface area contributed by atoms with E-state index in [2.05, 4.69) is 5.32 Å². The zero-order valence-electron chi connectivity index (χ0n) is 13.1. The van der Waals surface area contributed by atoms with Crippen LogP contribution in [0.3, 0.4) is 0 Å². The number of nitrogens with zero attached hydrogens (tertiary/aromatic N) is 1. The number of nitrogens with one attached hydrogen (secondary N) is 1. The Morgan fingerprint density at radius 3 is 2.42 bits per heavy atom. The van der Waals surface area contributed by atoms with Crippen molar-refractivity contribution in [1.82, 2.24) is 4.90 Å². The lowest BCUT2D eigenvalue weighted by atomic mass is 10.2. The third-order valence-corrected chi connectivity index (χ3v) is 6.23. The Balaban J connectivity index is 2.01. The van der Waals surface area contributed by atoms with Crippen LogP contribution < -0.4 is 5.32 Å². The second kappa shape index (κ2) is 7.72. The van der Waals surface area contributed by atoms with Gasteiger partial charge in [0, 0.05) is 12.6 Å². The molecule has 1 atom stereocenters. The molecule has 0 radical (unpaired) electrons. The van der Waals surface area contributed by atoms with Crippen molar-refractivity contribution in [3.8, 4) is 0 Å². The highest BCUT2D eigenvalue weighted by Gasteiger charge is 2.34. The van der Waals surface area contributed by atoms with E-state index in [1.165, 1.54) is 4.90 Å². The molecule has 1 aliphatic rings. The first-order valence-corrected chi connectivity index (χ1v) is 10.0. The molecule has 0 aliphatic carbocycles. The van der Waals surface area contributed by atoms with E-state index in [0.717, 1.165) is 0 Å². The maximum Gasteiger partial charge on any atom is 0.233 e. The Kier molecular flexibility index (Phi) is 6.11. The van der Waals surface area contributed by atoms with Crippen LogP contribution in [-0.4, -0.2) is 49.2 Å². The molecule has 1 heterocycles. The van der Waals surface area contributed by atoms with E-state index in [1.54, 1.807) is 25.1 Å². The Morgan fingerprint density at radius 2 is 1.92 bits per heavy atom. The summed E-state index contributed by atoms with van der Waals surface area (Å²) in [4.78, 5) is 25.9. The lowest BCUT2D eigenvalue weighted by molar-refractivity contribution is -0.135. The largest absolute Gasteiger partial charge is 0.338 e. The van der Waals surface area contributed by atoms with E-state index in [-0.39, 0.29) is 33.3 Å². The number of amides is 2. The average molecular weight is 393 g/mol. The average Bonchev–Trinajstić information content (AvgIpc) is 2.84. The van der Waals surface area contributed by atoms with Gasteiger partial charge in [-0.3, -0.25) is 9.59 Å². The van der Waals surface area contributed by atoms with Crippen molar-refractivity contribution in [3.05, 3.63) is 28.2 Å². The number of hydrogen-bond donors (Lipinski definition) is 1. The first-order valence-electron chi connectivity index (χ1n) is 7.47. The highest BCUT2D eigenvalue weighted by atomic mass is 35.5. The molecule has 0 aromatic heterocycles. The van der Waals surface area contributed by atoms with Gasteiger partial charge >= 0.3 is 0 Å². The second-order valence-electron chi connectivity index (χ2n) is 5.56. The van der Waals surface area contributed by atoms with E-state index in [1.807, 2.05) is 0 Å². The standard InChI is InChI=1S/C15H18Cl2N2O4S/c1-2-19(10-6-7-24(22,23)9-10)14(21)8-13(20)18-15-11(16)4-3-5-12(15)17/h3-5,10H,2,6-9H2,1H3,(H,18,20). The molecular formula is C15H18Cl2N2O4S. The molecule has 132 valence electrons. The maximum atomic E-state index is 12.3. The summed E-state index contributed by atoms with van der Waals surface area (Å²) in [6.45, 7) is 2.10. The molecule has 24 heavy (non-hydrogen) atoms. The van der Waals surface area contributed by atoms with Crippen molar-refractivity contribution >= 4 is 50.5 Å². The smallest absolute Gasteiger partial charge is 0.233 e. The maximum absolute atomic E-state index is 12.3. The zero-order valence-corrected chi connectivity index (χ0v) is 15.4. The molecule has 1 aliphatic heterocycles. The fraction of sp³-hybridized carbons (Fsp3) is 0.467. The fourth-order valence-electron chi connectivity index (χ4n) is 2.70. The molecule has 1 saturated heterocycles. The van der Waals surface area contributed by atoms with Crippen LogP contribution in [0.1, 0.15) is 19.8 Å². The molecule has 0 saturated carbocycles. The summed E-state index contributed by atoms with van der Waals surface area (Å²) in [6.07, 6.45) is 0.00577. The van der Waals surface area contributed by atoms with Gasteiger partial charge in [0.2, 0.25) is 11.8 Å². The normalized spacial score (nSPS) is 19.0.